The van der Waals surface area contributed by atoms with Crippen LogP contribution in [0.15, 0.2) is 0 Å². The van der Waals surface area contributed by atoms with E-state index in [0.29, 0.717) is 18.8 Å². The lowest BCUT2D eigenvalue weighted by Gasteiger charge is -2.15. The Morgan fingerprint density at radius 1 is 1.50 bits per heavy atom. The van der Waals surface area contributed by atoms with Gasteiger partial charge >= 0.3 is 0 Å². The molecular formula is C13H25N5O2. The molecule has 4 N–H and O–H groups in total. The van der Waals surface area contributed by atoms with Gasteiger partial charge in [0.15, 0.2) is 5.69 Å². The molecule has 7 nitrogen and oxygen atoms in total. The predicted molar refractivity (Wildman–Crippen MR) is 78.7 cm³/mol. The van der Waals surface area contributed by atoms with Crippen LogP contribution in [0.4, 0.5) is 5.69 Å². The van der Waals surface area contributed by atoms with Crippen LogP contribution in [-0.4, -0.2) is 61.4 Å². The van der Waals surface area contributed by atoms with Gasteiger partial charge in [-0.05, 0) is 13.5 Å². The Kier molecular flexibility index (Phi) is 7.03. The zero-order valence-corrected chi connectivity index (χ0v) is 12.5. The number of aryl methyl sites for hydroxylation is 1. The van der Waals surface area contributed by atoms with Gasteiger partial charge in [-0.1, -0.05) is 13.3 Å². The van der Waals surface area contributed by atoms with E-state index >= 15 is 0 Å². The molecule has 0 aliphatic rings. The molecule has 0 aromatic carbocycles. The van der Waals surface area contributed by atoms with Crippen LogP contribution < -0.4 is 11.1 Å². The zero-order valence-electron chi connectivity index (χ0n) is 12.5. The number of hydrogen-bond acceptors (Lipinski definition) is 5. The number of carbonyl (C=O) groups excluding carboxylic acids is 1. The number of carbonyl (C=O) groups is 1. The summed E-state index contributed by atoms with van der Waals surface area (Å²) < 4.78 is 4.99. The molecule has 7 heteroatoms. The first-order valence-electron chi connectivity index (χ1n) is 6.88. The van der Waals surface area contributed by atoms with Crippen molar-refractivity contribution >= 4 is 11.6 Å². The number of likely N-dealkylation sites (N-methyl/N-ethyl adjacent to an activating group) is 1. The average molecular weight is 283 g/mol. The summed E-state index contributed by atoms with van der Waals surface area (Å²) in [6, 6.07) is 0. The van der Waals surface area contributed by atoms with Crippen molar-refractivity contribution in [2.45, 2.75) is 19.8 Å². The maximum atomic E-state index is 12.0. The van der Waals surface area contributed by atoms with Gasteiger partial charge in [-0.3, -0.25) is 9.89 Å². The van der Waals surface area contributed by atoms with Crippen molar-refractivity contribution in [3.63, 3.8) is 0 Å². The second kappa shape index (κ2) is 8.55. The van der Waals surface area contributed by atoms with Crippen molar-refractivity contribution in [1.29, 1.82) is 0 Å². The molecule has 0 saturated heterocycles. The van der Waals surface area contributed by atoms with Crippen LogP contribution >= 0.6 is 0 Å². The molecule has 1 heterocycles. The minimum atomic E-state index is -0.235. The Labute approximate surface area is 119 Å². The standard InChI is InChI=1S/C13H25N5O2/c1-4-5-10-11(14)12(17-16-10)13(19)15-6-7-18(2)8-9-20-3/h4-9,14H2,1-3H3,(H,15,19)(H,16,17). The van der Waals surface area contributed by atoms with Gasteiger partial charge in [0.1, 0.15) is 0 Å². The number of aromatic amines is 1. The molecule has 0 unspecified atom stereocenters. The number of nitrogens with two attached hydrogens (primary N) is 1. The summed E-state index contributed by atoms with van der Waals surface area (Å²) in [5.74, 6) is -0.235. The lowest BCUT2D eigenvalue weighted by atomic mass is 10.2. The van der Waals surface area contributed by atoms with Crippen molar-refractivity contribution in [1.82, 2.24) is 20.4 Å². The number of amides is 1. The van der Waals surface area contributed by atoms with Crippen LogP contribution in [0.3, 0.4) is 0 Å². The monoisotopic (exact) mass is 283 g/mol. The second-order valence-electron chi connectivity index (χ2n) is 4.77. The first-order valence-corrected chi connectivity index (χ1v) is 6.88. The highest BCUT2D eigenvalue weighted by molar-refractivity contribution is 5.97. The SMILES string of the molecule is CCCc1[nH]nc(C(=O)NCCN(C)CCOC)c1N. The molecule has 1 aromatic heterocycles. The number of rotatable bonds is 9. The van der Waals surface area contributed by atoms with Crippen LogP contribution in [0, 0.1) is 0 Å². The molecule has 1 amide bonds. The summed E-state index contributed by atoms with van der Waals surface area (Å²) in [5.41, 5.74) is 7.48. The summed E-state index contributed by atoms with van der Waals surface area (Å²) in [5, 5.41) is 9.62. The molecule has 1 rings (SSSR count). The molecule has 1 aromatic rings. The highest BCUT2D eigenvalue weighted by atomic mass is 16.5. The smallest absolute Gasteiger partial charge is 0.273 e. The maximum Gasteiger partial charge on any atom is 0.273 e. The number of nitrogens with zero attached hydrogens (tertiary/aromatic N) is 2. The summed E-state index contributed by atoms with van der Waals surface area (Å²) in [4.78, 5) is 14.0. The Hall–Kier alpha value is -1.60. The third-order valence-corrected chi connectivity index (χ3v) is 3.05. The molecule has 0 saturated carbocycles. The highest BCUT2D eigenvalue weighted by Crippen LogP contribution is 2.15. The molecule has 0 atom stereocenters. The fourth-order valence-electron chi connectivity index (χ4n) is 1.80. The van der Waals surface area contributed by atoms with E-state index in [-0.39, 0.29) is 11.6 Å². The number of nitrogen functional groups attached to an aromatic ring is 1. The minimum Gasteiger partial charge on any atom is -0.395 e. The first kappa shape index (κ1) is 16.5. The van der Waals surface area contributed by atoms with Gasteiger partial charge in [-0.2, -0.15) is 5.10 Å². The molecule has 0 spiro atoms. The zero-order chi connectivity index (χ0) is 15.0. The van der Waals surface area contributed by atoms with Crippen LogP contribution in [-0.2, 0) is 11.2 Å². The van der Waals surface area contributed by atoms with Crippen molar-refractivity contribution in [3.05, 3.63) is 11.4 Å². The Morgan fingerprint density at radius 2 is 2.25 bits per heavy atom. The van der Waals surface area contributed by atoms with Crippen LogP contribution in [0.5, 0.6) is 0 Å². The third-order valence-electron chi connectivity index (χ3n) is 3.05. The van der Waals surface area contributed by atoms with E-state index in [1.54, 1.807) is 7.11 Å². The van der Waals surface area contributed by atoms with Gasteiger partial charge in [0.25, 0.3) is 5.91 Å². The topological polar surface area (TPSA) is 96.3 Å². The number of hydrogen-bond donors (Lipinski definition) is 3. The van der Waals surface area contributed by atoms with Crippen LogP contribution in [0.2, 0.25) is 0 Å². The minimum absolute atomic E-state index is 0.235. The molecular weight excluding hydrogens is 258 g/mol. The number of nitrogens with one attached hydrogen (secondary N) is 2. The summed E-state index contributed by atoms with van der Waals surface area (Å²) in [7, 11) is 3.65. The molecule has 0 radical (unpaired) electrons. The predicted octanol–water partition coefficient (Wildman–Crippen LogP) is 0.252. The van der Waals surface area contributed by atoms with E-state index in [0.717, 1.165) is 31.6 Å². The van der Waals surface area contributed by atoms with Gasteiger partial charge < -0.3 is 20.7 Å². The highest BCUT2D eigenvalue weighted by Gasteiger charge is 2.16. The van der Waals surface area contributed by atoms with Gasteiger partial charge in [-0.15, -0.1) is 0 Å². The largest absolute Gasteiger partial charge is 0.395 e. The lowest BCUT2D eigenvalue weighted by Crippen LogP contribution is -2.34. The van der Waals surface area contributed by atoms with Gasteiger partial charge in [0.05, 0.1) is 18.0 Å². The van der Waals surface area contributed by atoms with E-state index in [1.807, 2.05) is 7.05 Å². The fourth-order valence-corrected chi connectivity index (χ4v) is 1.80. The first-order chi connectivity index (χ1) is 9.60. The molecule has 114 valence electrons. The maximum absolute atomic E-state index is 12.0. The Morgan fingerprint density at radius 3 is 2.90 bits per heavy atom. The fraction of sp³-hybridized carbons (Fsp3) is 0.692. The third kappa shape index (κ3) is 4.82. The van der Waals surface area contributed by atoms with Crippen LogP contribution in [0.1, 0.15) is 29.5 Å². The quantitative estimate of drug-likeness (QED) is 0.604. The number of H-pyrrole nitrogens is 1. The molecule has 0 bridgehead atoms. The second-order valence-corrected chi connectivity index (χ2v) is 4.77. The van der Waals surface area contributed by atoms with Crippen molar-refractivity contribution < 1.29 is 9.53 Å². The number of ether oxygens (including phenoxy) is 1. The lowest BCUT2D eigenvalue weighted by molar-refractivity contribution is 0.0943. The van der Waals surface area contributed by atoms with Gasteiger partial charge in [-0.25, -0.2) is 0 Å². The van der Waals surface area contributed by atoms with Gasteiger partial charge in [0, 0.05) is 26.7 Å². The van der Waals surface area contributed by atoms with E-state index in [9.17, 15) is 4.79 Å². The van der Waals surface area contributed by atoms with E-state index in [2.05, 4.69) is 27.3 Å². The molecule has 0 aliphatic heterocycles. The van der Waals surface area contributed by atoms with E-state index in [1.165, 1.54) is 0 Å². The molecule has 20 heavy (non-hydrogen) atoms. The van der Waals surface area contributed by atoms with Crippen molar-refractivity contribution in [2.75, 3.05) is 46.1 Å². The van der Waals surface area contributed by atoms with Gasteiger partial charge in [0.2, 0.25) is 0 Å². The number of methoxy groups -OCH3 is 1. The summed E-state index contributed by atoms with van der Waals surface area (Å²) >= 11 is 0. The van der Waals surface area contributed by atoms with Crippen molar-refractivity contribution in [3.8, 4) is 0 Å². The summed E-state index contributed by atoms with van der Waals surface area (Å²) in [6.45, 7) is 4.86. The van der Waals surface area contributed by atoms with Crippen molar-refractivity contribution in [2.24, 2.45) is 0 Å². The summed E-state index contributed by atoms with van der Waals surface area (Å²) in [6.07, 6.45) is 1.75. The normalized spacial score (nSPS) is 11.0. The molecule has 0 aliphatic carbocycles. The van der Waals surface area contributed by atoms with E-state index in [4.69, 9.17) is 10.5 Å². The van der Waals surface area contributed by atoms with Crippen LogP contribution in [0.25, 0.3) is 0 Å². The van der Waals surface area contributed by atoms with E-state index < -0.39 is 0 Å². The Balaban J connectivity index is 2.39. The number of anilines is 1. The average Bonchev–Trinajstić information content (AvgIpc) is 2.78. The molecule has 0 fully saturated rings. The Bertz CT molecular complexity index is 419. The number of aromatic nitrogens is 2.